The van der Waals surface area contributed by atoms with Crippen LogP contribution in [0.2, 0.25) is 0 Å². The number of aliphatic imine (C=N–C) groups is 1. The molecule has 1 unspecified atom stereocenters. The number of rotatable bonds is 6. The molecule has 1 aromatic heterocycles. The number of ether oxygens (including phenoxy) is 2. The molecular formula is C21H29N5O2. The summed E-state index contributed by atoms with van der Waals surface area (Å²) in [4.78, 5) is 13.5. The highest BCUT2D eigenvalue weighted by atomic mass is 16.5. The van der Waals surface area contributed by atoms with E-state index in [0.29, 0.717) is 6.54 Å². The fourth-order valence-electron chi connectivity index (χ4n) is 3.23. The number of guanidine groups is 1. The van der Waals surface area contributed by atoms with Gasteiger partial charge in [-0.1, -0.05) is 18.2 Å². The molecule has 1 fully saturated rings. The molecule has 2 heterocycles. The van der Waals surface area contributed by atoms with Gasteiger partial charge in [0.15, 0.2) is 17.5 Å². The van der Waals surface area contributed by atoms with E-state index in [0.717, 1.165) is 49.5 Å². The van der Waals surface area contributed by atoms with Crippen molar-refractivity contribution >= 4 is 11.8 Å². The number of nitrogens with zero attached hydrogens (tertiary/aromatic N) is 4. The second-order valence-electron chi connectivity index (χ2n) is 6.67. The lowest BCUT2D eigenvalue weighted by Gasteiger charge is -2.37. The molecule has 1 N–H and O–H groups in total. The van der Waals surface area contributed by atoms with Crippen LogP contribution < -0.4 is 19.7 Å². The largest absolute Gasteiger partial charge is 0.493 e. The highest BCUT2D eigenvalue weighted by molar-refractivity contribution is 5.80. The number of anilines is 1. The Kier molecular flexibility index (Phi) is 6.94. The molecule has 0 spiro atoms. The predicted octanol–water partition coefficient (Wildman–Crippen LogP) is 2.26. The number of hydrogen-bond donors (Lipinski definition) is 1. The standard InChI is InChI=1S/C21H29N5O2/c1-17(28-19-9-5-4-8-18(19)27-3)16-24-21(22-2)26-14-12-25(13-15-26)20-10-6-7-11-23-20/h4-11,17H,12-16H2,1-3H3,(H,22,24). The summed E-state index contributed by atoms with van der Waals surface area (Å²) in [5.74, 6) is 3.42. The summed E-state index contributed by atoms with van der Waals surface area (Å²) in [5, 5.41) is 3.43. The Labute approximate surface area is 167 Å². The third-order valence-corrected chi connectivity index (χ3v) is 4.71. The summed E-state index contributed by atoms with van der Waals surface area (Å²) < 4.78 is 11.4. The van der Waals surface area contributed by atoms with Gasteiger partial charge in [-0.25, -0.2) is 4.98 Å². The zero-order valence-corrected chi connectivity index (χ0v) is 16.8. The van der Waals surface area contributed by atoms with Crippen molar-refractivity contribution in [3.63, 3.8) is 0 Å². The number of para-hydroxylation sites is 2. The fourth-order valence-corrected chi connectivity index (χ4v) is 3.23. The maximum Gasteiger partial charge on any atom is 0.193 e. The molecule has 1 aliphatic rings. The molecule has 0 radical (unpaired) electrons. The summed E-state index contributed by atoms with van der Waals surface area (Å²) in [6, 6.07) is 13.7. The van der Waals surface area contributed by atoms with E-state index in [9.17, 15) is 0 Å². The number of hydrogen-bond acceptors (Lipinski definition) is 5. The van der Waals surface area contributed by atoms with Crippen LogP contribution in [-0.4, -0.2) is 68.8 Å². The molecule has 1 aliphatic heterocycles. The topological polar surface area (TPSA) is 62.2 Å². The van der Waals surface area contributed by atoms with Crippen LogP contribution in [0, 0.1) is 0 Å². The minimum atomic E-state index is -0.0251. The van der Waals surface area contributed by atoms with Crippen LogP contribution >= 0.6 is 0 Å². The van der Waals surface area contributed by atoms with Crippen LogP contribution in [0.25, 0.3) is 0 Å². The van der Waals surface area contributed by atoms with Crippen molar-refractivity contribution in [3.05, 3.63) is 48.7 Å². The third kappa shape index (κ3) is 5.06. The van der Waals surface area contributed by atoms with Gasteiger partial charge in [-0.15, -0.1) is 0 Å². The van der Waals surface area contributed by atoms with E-state index < -0.39 is 0 Å². The molecule has 28 heavy (non-hydrogen) atoms. The lowest BCUT2D eigenvalue weighted by molar-refractivity contribution is 0.211. The SMILES string of the molecule is CN=C(NCC(C)Oc1ccccc1OC)N1CCN(c2ccccn2)CC1. The minimum Gasteiger partial charge on any atom is -0.493 e. The quantitative estimate of drug-likeness (QED) is 0.610. The Morgan fingerprint density at radius 3 is 2.46 bits per heavy atom. The van der Waals surface area contributed by atoms with Gasteiger partial charge in [-0.3, -0.25) is 4.99 Å². The van der Waals surface area contributed by atoms with Gasteiger partial charge in [0.1, 0.15) is 11.9 Å². The summed E-state index contributed by atoms with van der Waals surface area (Å²) in [7, 11) is 3.47. The first-order valence-corrected chi connectivity index (χ1v) is 9.62. The molecule has 2 aromatic rings. The van der Waals surface area contributed by atoms with Crippen LogP contribution in [0.5, 0.6) is 11.5 Å². The first kappa shape index (κ1) is 19.8. The van der Waals surface area contributed by atoms with Crippen LogP contribution in [0.3, 0.4) is 0 Å². The van der Waals surface area contributed by atoms with Crippen molar-refractivity contribution in [2.75, 3.05) is 51.8 Å². The van der Waals surface area contributed by atoms with Gasteiger partial charge in [-0.2, -0.15) is 0 Å². The molecule has 150 valence electrons. The highest BCUT2D eigenvalue weighted by Crippen LogP contribution is 2.26. The van der Waals surface area contributed by atoms with Crippen molar-refractivity contribution in [2.45, 2.75) is 13.0 Å². The van der Waals surface area contributed by atoms with E-state index in [1.54, 1.807) is 7.11 Å². The zero-order valence-electron chi connectivity index (χ0n) is 16.8. The van der Waals surface area contributed by atoms with Crippen molar-refractivity contribution in [1.29, 1.82) is 0 Å². The number of piperazine rings is 1. The van der Waals surface area contributed by atoms with Gasteiger partial charge in [0.05, 0.1) is 13.7 Å². The monoisotopic (exact) mass is 383 g/mol. The average molecular weight is 383 g/mol. The smallest absolute Gasteiger partial charge is 0.193 e. The first-order chi connectivity index (χ1) is 13.7. The molecule has 7 heteroatoms. The van der Waals surface area contributed by atoms with E-state index >= 15 is 0 Å². The van der Waals surface area contributed by atoms with Crippen molar-refractivity contribution in [2.24, 2.45) is 4.99 Å². The lowest BCUT2D eigenvalue weighted by atomic mass is 10.3. The summed E-state index contributed by atoms with van der Waals surface area (Å²) >= 11 is 0. The molecule has 1 aromatic carbocycles. The molecule has 1 atom stereocenters. The average Bonchev–Trinajstić information content (AvgIpc) is 2.75. The predicted molar refractivity (Wildman–Crippen MR) is 112 cm³/mol. The third-order valence-electron chi connectivity index (χ3n) is 4.71. The van der Waals surface area contributed by atoms with E-state index in [1.165, 1.54) is 0 Å². The zero-order chi connectivity index (χ0) is 19.8. The summed E-state index contributed by atoms with van der Waals surface area (Å²) in [6.45, 7) is 6.34. The second kappa shape index (κ2) is 9.82. The number of benzene rings is 1. The highest BCUT2D eigenvalue weighted by Gasteiger charge is 2.20. The Bertz CT molecular complexity index is 760. The Morgan fingerprint density at radius 2 is 1.82 bits per heavy atom. The molecule has 0 saturated carbocycles. The number of nitrogens with one attached hydrogen (secondary N) is 1. The maximum absolute atomic E-state index is 6.02. The summed E-state index contributed by atoms with van der Waals surface area (Å²) in [6.07, 6.45) is 1.81. The Balaban J connectivity index is 1.48. The van der Waals surface area contributed by atoms with Crippen LogP contribution in [-0.2, 0) is 0 Å². The second-order valence-corrected chi connectivity index (χ2v) is 6.67. The van der Waals surface area contributed by atoms with Gasteiger partial charge >= 0.3 is 0 Å². The molecule has 7 nitrogen and oxygen atoms in total. The number of aromatic nitrogens is 1. The van der Waals surface area contributed by atoms with Gasteiger partial charge in [0, 0.05) is 39.4 Å². The van der Waals surface area contributed by atoms with Gasteiger partial charge in [0.2, 0.25) is 0 Å². The molecule has 0 bridgehead atoms. The van der Waals surface area contributed by atoms with E-state index in [4.69, 9.17) is 9.47 Å². The van der Waals surface area contributed by atoms with Crippen LogP contribution in [0.4, 0.5) is 5.82 Å². The van der Waals surface area contributed by atoms with Crippen LogP contribution in [0.1, 0.15) is 6.92 Å². The normalized spacial score (nSPS) is 15.9. The Hall–Kier alpha value is -2.96. The van der Waals surface area contributed by atoms with E-state index in [2.05, 4.69) is 31.2 Å². The molecular weight excluding hydrogens is 354 g/mol. The fraction of sp³-hybridized carbons (Fsp3) is 0.429. The lowest BCUT2D eigenvalue weighted by Crippen LogP contribution is -2.53. The first-order valence-electron chi connectivity index (χ1n) is 9.62. The molecule has 0 amide bonds. The van der Waals surface area contributed by atoms with Crippen LogP contribution in [0.15, 0.2) is 53.7 Å². The molecule has 1 saturated heterocycles. The van der Waals surface area contributed by atoms with E-state index in [1.807, 2.05) is 56.6 Å². The van der Waals surface area contributed by atoms with Crippen molar-refractivity contribution < 1.29 is 9.47 Å². The van der Waals surface area contributed by atoms with Gasteiger partial charge in [-0.05, 0) is 31.2 Å². The van der Waals surface area contributed by atoms with E-state index in [-0.39, 0.29) is 6.10 Å². The minimum absolute atomic E-state index is 0.0251. The summed E-state index contributed by atoms with van der Waals surface area (Å²) in [5.41, 5.74) is 0. The van der Waals surface area contributed by atoms with Crippen molar-refractivity contribution in [3.8, 4) is 11.5 Å². The van der Waals surface area contributed by atoms with Gasteiger partial charge < -0.3 is 24.6 Å². The number of methoxy groups -OCH3 is 1. The van der Waals surface area contributed by atoms with Gasteiger partial charge in [0.25, 0.3) is 0 Å². The maximum atomic E-state index is 6.02. The van der Waals surface area contributed by atoms with Crippen molar-refractivity contribution in [1.82, 2.24) is 15.2 Å². The molecule has 0 aliphatic carbocycles. The Morgan fingerprint density at radius 1 is 1.11 bits per heavy atom. The number of pyridine rings is 1. The molecule has 3 rings (SSSR count).